The molecule has 17 heavy (non-hydrogen) atoms. The summed E-state index contributed by atoms with van der Waals surface area (Å²) in [7, 11) is 4.13. The maximum atomic E-state index is 3.52. The van der Waals surface area contributed by atoms with Gasteiger partial charge in [-0.1, -0.05) is 32.9 Å². The highest BCUT2D eigenvalue weighted by atomic mass is 15.1. The Bertz CT molecular complexity index is 314. The lowest BCUT2D eigenvalue weighted by atomic mass is 9.98. The van der Waals surface area contributed by atoms with Crippen molar-refractivity contribution in [2.75, 3.05) is 25.5 Å². The Morgan fingerprint density at radius 1 is 1.06 bits per heavy atom. The molecule has 0 heterocycles. The first-order valence-corrected chi connectivity index (χ1v) is 6.47. The lowest BCUT2D eigenvalue weighted by Gasteiger charge is -2.16. The van der Waals surface area contributed by atoms with Crippen molar-refractivity contribution in [2.45, 2.75) is 27.3 Å². The average molecular weight is 234 g/mol. The predicted octanol–water partition coefficient (Wildman–Crippen LogP) is 3.13. The summed E-state index contributed by atoms with van der Waals surface area (Å²) in [5.74, 6) is 1.48. The Hall–Kier alpha value is -1.02. The van der Waals surface area contributed by atoms with Crippen LogP contribution < -0.4 is 10.2 Å². The Labute approximate surface area is 106 Å². The molecule has 0 saturated carbocycles. The Balaban J connectivity index is 2.37. The number of hydrogen-bond donors (Lipinski definition) is 1. The van der Waals surface area contributed by atoms with Gasteiger partial charge >= 0.3 is 0 Å². The summed E-state index contributed by atoms with van der Waals surface area (Å²) in [6.07, 6.45) is 0. The van der Waals surface area contributed by atoms with Crippen LogP contribution in [0.15, 0.2) is 24.3 Å². The van der Waals surface area contributed by atoms with E-state index in [1.807, 2.05) is 0 Å². The zero-order valence-electron chi connectivity index (χ0n) is 11.8. The van der Waals surface area contributed by atoms with E-state index in [-0.39, 0.29) is 0 Å². The van der Waals surface area contributed by atoms with E-state index in [1.54, 1.807) is 0 Å². The molecule has 1 N–H and O–H groups in total. The van der Waals surface area contributed by atoms with Gasteiger partial charge in [-0.05, 0) is 36.1 Å². The van der Waals surface area contributed by atoms with Crippen molar-refractivity contribution in [1.29, 1.82) is 0 Å². The van der Waals surface area contributed by atoms with E-state index in [2.05, 4.69) is 69.3 Å². The second kappa shape index (κ2) is 6.65. The monoisotopic (exact) mass is 234 g/mol. The first kappa shape index (κ1) is 14.0. The van der Waals surface area contributed by atoms with Gasteiger partial charge < -0.3 is 10.2 Å². The molecule has 2 heteroatoms. The number of rotatable bonds is 6. The van der Waals surface area contributed by atoms with Crippen LogP contribution >= 0.6 is 0 Å². The molecule has 1 rings (SSSR count). The summed E-state index contributed by atoms with van der Waals surface area (Å²) in [5.41, 5.74) is 2.61. The van der Waals surface area contributed by atoms with Gasteiger partial charge in [0.1, 0.15) is 0 Å². The van der Waals surface area contributed by atoms with Crippen LogP contribution in [0.2, 0.25) is 0 Å². The van der Waals surface area contributed by atoms with E-state index in [0.29, 0.717) is 0 Å². The van der Waals surface area contributed by atoms with Crippen LogP contribution in [0.3, 0.4) is 0 Å². The summed E-state index contributed by atoms with van der Waals surface area (Å²) in [5, 5.41) is 3.52. The van der Waals surface area contributed by atoms with Crippen LogP contribution in [0.4, 0.5) is 5.69 Å². The minimum Gasteiger partial charge on any atom is -0.378 e. The van der Waals surface area contributed by atoms with Crippen molar-refractivity contribution in [2.24, 2.45) is 11.8 Å². The number of benzene rings is 1. The van der Waals surface area contributed by atoms with E-state index >= 15 is 0 Å². The molecule has 0 aliphatic heterocycles. The smallest absolute Gasteiger partial charge is 0.0361 e. The summed E-state index contributed by atoms with van der Waals surface area (Å²) in [6, 6.07) is 8.73. The summed E-state index contributed by atoms with van der Waals surface area (Å²) in [6.45, 7) is 8.90. The standard InChI is InChI=1S/C15H26N2/c1-12(2)13(3)10-16-11-14-6-8-15(9-7-14)17(4)5/h6-9,12-13,16H,10-11H2,1-5H3/t13-/m1/s1. The fraction of sp³-hybridized carbons (Fsp3) is 0.600. The van der Waals surface area contributed by atoms with Crippen LogP contribution in [0.5, 0.6) is 0 Å². The zero-order valence-corrected chi connectivity index (χ0v) is 11.8. The highest BCUT2D eigenvalue weighted by Gasteiger charge is 2.05. The van der Waals surface area contributed by atoms with Gasteiger partial charge in [0.2, 0.25) is 0 Å². The number of anilines is 1. The lowest BCUT2D eigenvalue weighted by Crippen LogP contribution is -2.23. The number of nitrogens with one attached hydrogen (secondary N) is 1. The molecule has 0 amide bonds. The topological polar surface area (TPSA) is 15.3 Å². The maximum absolute atomic E-state index is 3.52. The van der Waals surface area contributed by atoms with Crippen LogP contribution in [-0.2, 0) is 6.54 Å². The molecule has 96 valence electrons. The third-order valence-electron chi connectivity index (χ3n) is 3.39. The molecule has 2 nitrogen and oxygen atoms in total. The van der Waals surface area contributed by atoms with Crippen molar-refractivity contribution >= 4 is 5.69 Å². The van der Waals surface area contributed by atoms with E-state index in [4.69, 9.17) is 0 Å². The molecular weight excluding hydrogens is 208 g/mol. The van der Waals surface area contributed by atoms with Gasteiger partial charge in [0.05, 0.1) is 0 Å². The van der Waals surface area contributed by atoms with Crippen molar-refractivity contribution in [3.8, 4) is 0 Å². The van der Waals surface area contributed by atoms with Crippen LogP contribution in [-0.4, -0.2) is 20.6 Å². The molecule has 0 aliphatic rings. The highest BCUT2D eigenvalue weighted by molar-refractivity contribution is 5.45. The van der Waals surface area contributed by atoms with Gasteiger partial charge in [0.15, 0.2) is 0 Å². The Morgan fingerprint density at radius 3 is 2.12 bits per heavy atom. The average Bonchev–Trinajstić information content (AvgIpc) is 2.29. The Kier molecular flexibility index (Phi) is 5.49. The largest absolute Gasteiger partial charge is 0.378 e. The molecule has 0 saturated heterocycles. The van der Waals surface area contributed by atoms with Gasteiger partial charge in [0.25, 0.3) is 0 Å². The van der Waals surface area contributed by atoms with Crippen LogP contribution in [0.25, 0.3) is 0 Å². The second-order valence-corrected chi connectivity index (χ2v) is 5.41. The van der Waals surface area contributed by atoms with Crippen LogP contribution in [0.1, 0.15) is 26.3 Å². The molecule has 0 unspecified atom stereocenters. The summed E-state index contributed by atoms with van der Waals surface area (Å²) in [4.78, 5) is 2.12. The van der Waals surface area contributed by atoms with E-state index < -0.39 is 0 Å². The molecule has 0 aromatic heterocycles. The van der Waals surface area contributed by atoms with Gasteiger partial charge in [-0.15, -0.1) is 0 Å². The third kappa shape index (κ3) is 4.78. The third-order valence-corrected chi connectivity index (χ3v) is 3.39. The molecule has 1 aromatic rings. The number of hydrogen-bond acceptors (Lipinski definition) is 2. The molecule has 0 fully saturated rings. The minimum absolute atomic E-state index is 0.732. The van der Waals surface area contributed by atoms with Crippen molar-refractivity contribution < 1.29 is 0 Å². The van der Waals surface area contributed by atoms with Crippen molar-refractivity contribution in [1.82, 2.24) is 5.32 Å². The van der Waals surface area contributed by atoms with E-state index in [0.717, 1.165) is 24.9 Å². The van der Waals surface area contributed by atoms with E-state index in [1.165, 1.54) is 11.3 Å². The van der Waals surface area contributed by atoms with Gasteiger partial charge in [-0.3, -0.25) is 0 Å². The Morgan fingerprint density at radius 2 is 1.65 bits per heavy atom. The summed E-state index contributed by atoms with van der Waals surface area (Å²) >= 11 is 0. The first-order chi connectivity index (χ1) is 8.00. The molecule has 0 radical (unpaired) electrons. The van der Waals surface area contributed by atoms with E-state index in [9.17, 15) is 0 Å². The minimum atomic E-state index is 0.732. The quantitative estimate of drug-likeness (QED) is 0.813. The fourth-order valence-electron chi connectivity index (χ4n) is 1.59. The molecular formula is C15H26N2. The predicted molar refractivity (Wildman–Crippen MR) is 76.5 cm³/mol. The molecule has 1 atom stereocenters. The molecule has 1 aromatic carbocycles. The van der Waals surface area contributed by atoms with Crippen molar-refractivity contribution in [3.63, 3.8) is 0 Å². The zero-order chi connectivity index (χ0) is 12.8. The fourth-order valence-corrected chi connectivity index (χ4v) is 1.59. The van der Waals surface area contributed by atoms with Gasteiger partial charge in [0, 0.05) is 26.3 Å². The second-order valence-electron chi connectivity index (χ2n) is 5.41. The normalized spacial score (nSPS) is 12.8. The highest BCUT2D eigenvalue weighted by Crippen LogP contribution is 2.12. The molecule has 0 spiro atoms. The first-order valence-electron chi connectivity index (χ1n) is 6.47. The molecule has 0 aliphatic carbocycles. The number of nitrogens with zero attached hydrogens (tertiary/aromatic N) is 1. The van der Waals surface area contributed by atoms with Crippen LogP contribution in [0, 0.1) is 11.8 Å². The van der Waals surface area contributed by atoms with Gasteiger partial charge in [-0.2, -0.15) is 0 Å². The molecule has 0 bridgehead atoms. The SMILES string of the molecule is CC(C)[C@H](C)CNCc1ccc(N(C)C)cc1. The van der Waals surface area contributed by atoms with Gasteiger partial charge in [-0.25, -0.2) is 0 Å². The lowest BCUT2D eigenvalue weighted by molar-refractivity contribution is 0.392. The summed E-state index contributed by atoms with van der Waals surface area (Å²) < 4.78 is 0. The maximum Gasteiger partial charge on any atom is 0.0361 e. The van der Waals surface area contributed by atoms with Crippen molar-refractivity contribution in [3.05, 3.63) is 29.8 Å².